The van der Waals surface area contributed by atoms with E-state index in [1.54, 1.807) is 7.11 Å². The third-order valence-corrected chi connectivity index (χ3v) is 5.10. The van der Waals surface area contributed by atoms with Crippen molar-refractivity contribution in [3.8, 4) is 17.0 Å². The number of hydrogen-bond donors (Lipinski definition) is 2. The summed E-state index contributed by atoms with van der Waals surface area (Å²) >= 11 is 0. The number of amides is 1. The molecule has 2 aromatic heterocycles. The Morgan fingerprint density at radius 1 is 1.10 bits per heavy atom. The molecule has 0 saturated carbocycles. The maximum absolute atomic E-state index is 12.8. The Bertz CT molecular complexity index is 1160. The summed E-state index contributed by atoms with van der Waals surface area (Å²) in [5.74, 6) is 1.17. The van der Waals surface area contributed by atoms with Gasteiger partial charge in [-0.1, -0.05) is 32.0 Å². The van der Waals surface area contributed by atoms with E-state index >= 15 is 0 Å². The summed E-state index contributed by atoms with van der Waals surface area (Å²) in [6.07, 6.45) is 0.937. The predicted molar refractivity (Wildman–Crippen MR) is 117 cm³/mol. The van der Waals surface area contributed by atoms with Crippen molar-refractivity contribution >= 4 is 27.7 Å². The van der Waals surface area contributed by atoms with Crippen LogP contribution in [0.2, 0.25) is 0 Å². The number of hydrogen-bond acceptors (Lipinski definition) is 3. The minimum absolute atomic E-state index is 0.146. The van der Waals surface area contributed by atoms with Gasteiger partial charge >= 0.3 is 0 Å². The van der Waals surface area contributed by atoms with Crippen LogP contribution in [0, 0.1) is 5.92 Å². The summed E-state index contributed by atoms with van der Waals surface area (Å²) in [6.45, 7) is 4.93. The number of aromatic nitrogens is 2. The number of H-pyrrole nitrogens is 1. The molecule has 29 heavy (non-hydrogen) atoms. The number of pyridine rings is 1. The summed E-state index contributed by atoms with van der Waals surface area (Å²) in [7, 11) is 1.64. The van der Waals surface area contributed by atoms with E-state index in [4.69, 9.17) is 9.72 Å². The van der Waals surface area contributed by atoms with Crippen LogP contribution in [-0.4, -0.2) is 29.5 Å². The minimum atomic E-state index is -0.146. The lowest BCUT2D eigenvalue weighted by Gasteiger charge is -2.10. The first-order valence-corrected chi connectivity index (χ1v) is 9.91. The van der Waals surface area contributed by atoms with Gasteiger partial charge in [-0.25, -0.2) is 4.98 Å². The van der Waals surface area contributed by atoms with Crippen molar-refractivity contribution < 1.29 is 9.53 Å². The van der Waals surface area contributed by atoms with E-state index in [1.807, 2.05) is 48.5 Å². The van der Waals surface area contributed by atoms with Crippen molar-refractivity contribution in [3.05, 3.63) is 60.3 Å². The van der Waals surface area contributed by atoms with E-state index in [0.29, 0.717) is 18.2 Å². The van der Waals surface area contributed by atoms with E-state index in [-0.39, 0.29) is 5.91 Å². The van der Waals surface area contributed by atoms with Crippen LogP contribution in [0.25, 0.3) is 33.1 Å². The van der Waals surface area contributed by atoms with Gasteiger partial charge in [0.15, 0.2) is 0 Å². The van der Waals surface area contributed by atoms with E-state index in [0.717, 1.165) is 45.2 Å². The Labute approximate surface area is 170 Å². The minimum Gasteiger partial charge on any atom is -0.497 e. The Balaban J connectivity index is 1.84. The van der Waals surface area contributed by atoms with Gasteiger partial charge in [-0.2, -0.15) is 0 Å². The van der Waals surface area contributed by atoms with Gasteiger partial charge in [-0.3, -0.25) is 4.79 Å². The largest absolute Gasteiger partial charge is 0.497 e. The molecule has 4 rings (SSSR count). The lowest BCUT2D eigenvalue weighted by molar-refractivity contribution is 0.0947. The topological polar surface area (TPSA) is 67.0 Å². The molecule has 2 N–H and O–H groups in total. The molecule has 0 fully saturated rings. The van der Waals surface area contributed by atoms with Crippen LogP contribution in [0.5, 0.6) is 5.75 Å². The summed E-state index contributed by atoms with van der Waals surface area (Å²) in [4.78, 5) is 21.0. The molecule has 5 heteroatoms. The van der Waals surface area contributed by atoms with Gasteiger partial charge in [0, 0.05) is 28.4 Å². The van der Waals surface area contributed by atoms with Crippen LogP contribution in [0.15, 0.2) is 54.6 Å². The van der Waals surface area contributed by atoms with Gasteiger partial charge in [-0.15, -0.1) is 0 Å². The fraction of sp³-hybridized carbons (Fsp3) is 0.250. The molecule has 2 aromatic carbocycles. The first-order valence-electron chi connectivity index (χ1n) is 9.91. The fourth-order valence-electron chi connectivity index (χ4n) is 3.48. The molecular formula is C24H25N3O2. The highest BCUT2D eigenvalue weighted by molar-refractivity contribution is 6.13. The predicted octanol–water partition coefficient (Wildman–Crippen LogP) is 5.17. The SMILES string of the molecule is COc1ccc(-c2nc(C(=O)NCCC(C)C)cc3c2[nH]c2ccccc23)cc1. The molecule has 0 saturated heterocycles. The van der Waals surface area contributed by atoms with Crippen LogP contribution < -0.4 is 10.1 Å². The number of nitrogens with one attached hydrogen (secondary N) is 2. The number of ether oxygens (including phenoxy) is 1. The normalized spacial score (nSPS) is 11.3. The number of rotatable bonds is 6. The highest BCUT2D eigenvalue weighted by atomic mass is 16.5. The Hall–Kier alpha value is -3.34. The summed E-state index contributed by atoms with van der Waals surface area (Å²) < 4.78 is 5.27. The second kappa shape index (κ2) is 7.95. The molecule has 2 heterocycles. The fourth-order valence-corrected chi connectivity index (χ4v) is 3.48. The number of aromatic amines is 1. The molecule has 1 amide bonds. The second-order valence-electron chi connectivity index (χ2n) is 7.62. The van der Waals surface area contributed by atoms with Gasteiger partial charge < -0.3 is 15.0 Å². The van der Waals surface area contributed by atoms with Gasteiger partial charge in [0.2, 0.25) is 0 Å². The van der Waals surface area contributed by atoms with Gasteiger partial charge in [0.05, 0.1) is 18.3 Å². The monoisotopic (exact) mass is 387 g/mol. The lowest BCUT2D eigenvalue weighted by atomic mass is 10.1. The van der Waals surface area contributed by atoms with Crippen molar-refractivity contribution in [1.29, 1.82) is 0 Å². The highest BCUT2D eigenvalue weighted by Crippen LogP contribution is 2.33. The number of nitrogens with zero attached hydrogens (tertiary/aromatic N) is 1. The summed E-state index contributed by atoms with van der Waals surface area (Å²) in [5.41, 5.74) is 4.07. The standard InChI is InChI=1S/C24H25N3O2/c1-15(2)12-13-25-24(28)21-14-19-18-6-4-5-7-20(18)26-23(19)22(27-21)16-8-10-17(29-3)11-9-16/h4-11,14-15,26H,12-13H2,1-3H3,(H,25,28). The molecule has 0 unspecified atom stereocenters. The number of carbonyl (C=O) groups excluding carboxylic acids is 1. The Kier molecular flexibility index (Phi) is 5.21. The third kappa shape index (κ3) is 3.81. The van der Waals surface area contributed by atoms with Crippen LogP contribution in [-0.2, 0) is 0 Å². The van der Waals surface area contributed by atoms with Crippen LogP contribution >= 0.6 is 0 Å². The van der Waals surface area contributed by atoms with Crippen molar-refractivity contribution in [1.82, 2.24) is 15.3 Å². The van der Waals surface area contributed by atoms with Crippen LogP contribution in [0.1, 0.15) is 30.8 Å². The van der Waals surface area contributed by atoms with Gasteiger partial charge in [-0.05, 0) is 48.7 Å². The van der Waals surface area contributed by atoms with Crippen molar-refractivity contribution in [2.45, 2.75) is 20.3 Å². The zero-order valence-electron chi connectivity index (χ0n) is 17.0. The van der Waals surface area contributed by atoms with Crippen molar-refractivity contribution in [2.75, 3.05) is 13.7 Å². The van der Waals surface area contributed by atoms with E-state index < -0.39 is 0 Å². The van der Waals surface area contributed by atoms with Crippen molar-refractivity contribution in [3.63, 3.8) is 0 Å². The maximum atomic E-state index is 12.8. The average molecular weight is 387 g/mol. The Morgan fingerprint density at radius 3 is 2.59 bits per heavy atom. The molecule has 5 nitrogen and oxygen atoms in total. The number of carbonyl (C=O) groups is 1. The molecular weight excluding hydrogens is 362 g/mol. The molecule has 0 radical (unpaired) electrons. The third-order valence-electron chi connectivity index (χ3n) is 5.10. The highest BCUT2D eigenvalue weighted by Gasteiger charge is 2.17. The molecule has 0 bridgehead atoms. The molecule has 0 aliphatic rings. The summed E-state index contributed by atoms with van der Waals surface area (Å²) in [5, 5.41) is 5.08. The quantitative estimate of drug-likeness (QED) is 0.480. The molecule has 0 aliphatic carbocycles. The molecule has 0 spiro atoms. The lowest BCUT2D eigenvalue weighted by Crippen LogP contribution is -2.26. The zero-order valence-corrected chi connectivity index (χ0v) is 17.0. The van der Waals surface area contributed by atoms with Crippen LogP contribution in [0.4, 0.5) is 0 Å². The molecule has 148 valence electrons. The maximum Gasteiger partial charge on any atom is 0.269 e. The number of fused-ring (bicyclic) bond motifs is 3. The Morgan fingerprint density at radius 2 is 1.86 bits per heavy atom. The number of para-hydroxylation sites is 1. The first kappa shape index (κ1) is 19.0. The van der Waals surface area contributed by atoms with E-state index in [2.05, 4.69) is 30.2 Å². The smallest absolute Gasteiger partial charge is 0.269 e. The van der Waals surface area contributed by atoms with Gasteiger partial charge in [0.1, 0.15) is 11.4 Å². The van der Waals surface area contributed by atoms with Crippen LogP contribution in [0.3, 0.4) is 0 Å². The van der Waals surface area contributed by atoms with Crippen molar-refractivity contribution in [2.24, 2.45) is 5.92 Å². The number of benzene rings is 2. The first-order chi connectivity index (χ1) is 14.1. The second-order valence-corrected chi connectivity index (χ2v) is 7.62. The van der Waals surface area contributed by atoms with E-state index in [9.17, 15) is 4.79 Å². The van der Waals surface area contributed by atoms with Gasteiger partial charge in [0.25, 0.3) is 5.91 Å². The molecule has 0 atom stereocenters. The number of methoxy groups -OCH3 is 1. The van der Waals surface area contributed by atoms with E-state index in [1.165, 1.54) is 0 Å². The average Bonchev–Trinajstić information content (AvgIpc) is 3.11. The molecule has 0 aliphatic heterocycles. The zero-order chi connectivity index (χ0) is 20.4. The molecule has 4 aromatic rings. The summed E-state index contributed by atoms with van der Waals surface area (Å²) in [6, 6.07) is 17.7.